The summed E-state index contributed by atoms with van der Waals surface area (Å²) in [5.74, 6) is 0.962. The van der Waals surface area contributed by atoms with Crippen LogP contribution in [-0.4, -0.2) is 37.6 Å². The molecule has 2 aromatic carbocycles. The number of rotatable bonds is 4. The summed E-state index contributed by atoms with van der Waals surface area (Å²) in [5, 5.41) is 3.39. The molecular formula is C19H22BrClN2O2. The zero-order valence-corrected chi connectivity index (χ0v) is 16.5. The summed E-state index contributed by atoms with van der Waals surface area (Å²) >= 11 is 3.53. The highest BCUT2D eigenvalue weighted by molar-refractivity contribution is 9.10. The van der Waals surface area contributed by atoms with Crippen molar-refractivity contribution in [1.29, 1.82) is 0 Å². The second-order valence-electron chi connectivity index (χ2n) is 5.82. The van der Waals surface area contributed by atoms with Crippen LogP contribution >= 0.6 is 28.3 Å². The number of nitrogens with one attached hydrogen (secondary N) is 1. The van der Waals surface area contributed by atoms with E-state index < -0.39 is 0 Å². The molecule has 1 aliphatic rings. The van der Waals surface area contributed by atoms with Crippen LogP contribution in [0, 0.1) is 0 Å². The SMILES string of the molecule is COc1ccccc1C1CNCCN1C(=O)Cc1ccccc1Br.Cl. The number of methoxy groups -OCH3 is 1. The van der Waals surface area contributed by atoms with Crippen molar-refractivity contribution in [2.45, 2.75) is 12.5 Å². The van der Waals surface area contributed by atoms with Crippen molar-refractivity contribution in [3.63, 3.8) is 0 Å². The second-order valence-corrected chi connectivity index (χ2v) is 6.67. The molecule has 3 rings (SSSR count). The summed E-state index contributed by atoms with van der Waals surface area (Å²) in [5.41, 5.74) is 2.06. The molecule has 0 spiro atoms. The fourth-order valence-electron chi connectivity index (χ4n) is 3.13. The Morgan fingerprint density at radius 2 is 1.96 bits per heavy atom. The highest BCUT2D eigenvalue weighted by Crippen LogP contribution is 2.31. The standard InChI is InChI=1S/C19H21BrN2O2.ClH/c1-24-18-9-5-3-7-15(18)17-13-21-10-11-22(17)19(23)12-14-6-2-4-8-16(14)20;/h2-9,17,21H,10-13H2,1H3;1H. The minimum atomic E-state index is -0.00936. The van der Waals surface area contributed by atoms with Gasteiger partial charge in [0.05, 0.1) is 19.6 Å². The molecule has 6 heteroatoms. The van der Waals surface area contributed by atoms with Crippen molar-refractivity contribution in [3.8, 4) is 5.75 Å². The van der Waals surface area contributed by atoms with E-state index in [1.165, 1.54) is 0 Å². The van der Waals surface area contributed by atoms with E-state index >= 15 is 0 Å². The van der Waals surface area contributed by atoms with Gasteiger partial charge in [0.15, 0.2) is 0 Å². The summed E-state index contributed by atoms with van der Waals surface area (Å²) in [6.45, 7) is 2.25. The van der Waals surface area contributed by atoms with Gasteiger partial charge in [-0.2, -0.15) is 0 Å². The Kier molecular flexibility index (Phi) is 7.29. The van der Waals surface area contributed by atoms with E-state index in [2.05, 4.69) is 21.2 Å². The minimum Gasteiger partial charge on any atom is -0.496 e. The molecule has 1 fully saturated rings. The van der Waals surface area contributed by atoms with Crippen LogP contribution < -0.4 is 10.1 Å². The van der Waals surface area contributed by atoms with E-state index in [9.17, 15) is 4.79 Å². The van der Waals surface area contributed by atoms with E-state index in [0.717, 1.165) is 34.4 Å². The fourth-order valence-corrected chi connectivity index (χ4v) is 3.55. The normalized spacial score (nSPS) is 16.9. The Bertz CT molecular complexity index is 726. The number of benzene rings is 2. The number of hydrogen-bond donors (Lipinski definition) is 1. The molecule has 4 nitrogen and oxygen atoms in total. The largest absolute Gasteiger partial charge is 0.496 e. The smallest absolute Gasteiger partial charge is 0.227 e. The van der Waals surface area contributed by atoms with E-state index in [1.807, 2.05) is 53.4 Å². The molecule has 1 amide bonds. The predicted octanol–water partition coefficient (Wildman–Crippen LogP) is 3.60. The highest BCUT2D eigenvalue weighted by atomic mass is 79.9. The molecule has 134 valence electrons. The average molecular weight is 426 g/mol. The molecule has 1 heterocycles. The number of carbonyl (C=O) groups excluding carboxylic acids is 1. The van der Waals surface area contributed by atoms with Gasteiger partial charge in [-0.15, -0.1) is 12.4 Å². The maximum Gasteiger partial charge on any atom is 0.227 e. The summed E-state index contributed by atoms with van der Waals surface area (Å²) < 4.78 is 6.47. The van der Waals surface area contributed by atoms with E-state index in [1.54, 1.807) is 7.11 Å². The third kappa shape index (κ3) is 4.54. The van der Waals surface area contributed by atoms with Gasteiger partial charge in [0.1, 0.15) is 5.75 Å². The molecule has 0 saturated carbocycles. The molecular weight excluding hydrogens is 404 g/mol. The number of amides is 1. The van der Waals surface area contributed by atoms with Crippen LogP contribution in [0.4, 0.5) is 0 Å². The number of halogens is 2. The van der Waals surface area contributed by atoms with Crippen LogP contribution in [0.15, 0.2) is 53.0 Å². The lowest BCUT2D eigenvalue weighted by atomic mass is 10.0. The second kappa shape index (κ2) is 9.22. The highest BCUT2D eigenvalue weighted by Gasteiger charge is 2.29. The Morgan fingerprint density at radius 3 is 2.72 bits per heavy atom. The average Bonchev–Trinajstić information content (AvgIpc) is 2.63. The van der Waals surface area contributed by atoms with Crippen LogP contribution in [-0.2, 0) is 11.2 Å². The summed E-state index contributed by atoms with van der Waals surface area (Å²) in [6, 6.07) is 15.8. The lowest BCUT2D eigenvalue weighted by molar-refractivity contribution is -0.133. The van der Waals surface area contributed by atoms with Gasteiger partial charge in [-0.05, 0) is 17.7 Å². The van der Waals surface area contributed by atoms with Gasteiger partial charge in [0, 0.05) is 29.7 Å². The Hall–Kier alpha value is -1.56. The van der Waals surface area contributed by atoms with Gasteiger partial charge < -0.3 is 15.0 Å². The van der Waals surface area contributed by atoms with Crippen LogP contribution in [0.25, 0.3) is 0 Å². The first-order valence-electron chi connectivity index (χ1n) is 8.07. The predicted molar refractivity (Wildman–Crippen MR) is 105 cm³/mol. The van der Waals surface area contributed by atoms with Crippen LogP contribution in [0.3, 0.4) is 0 Å². The summed E-state index contributed by atoms with van der Waals surface area (Å²) in [6.07, 6.45) is 0.396. The molecule has 0 radical (unpaired) electrons. The molecule has 2 aromatic rings. The molecule has 1 unspecified atom stereocenters. The maximum absolute atomic E-state index is 12.9. The van der Waals surface area contributed by atoms with E-state index in [-0.39, 0.29) is 24.4 Å². The number of nitrogens with zero attached hydrogens (tertiary/aromatic N) is 1. The Balaban J connectivity index is 0.00000225. The van der Waals surface area contributed by atoms with Gasteiger partial charge >= 0.3 is 0 Å². The summed E-state index contributed by atoms with van der Waals surface area (Å²) in [4.78, 5) is 14.9. The summed E-state index contributed by atoms with van der Waals surface area (Å²) in [7, 11) is 1.67. The van der Waals surface area contributed by atoms with Crippen LogP contribution in [0.2, 0.25) is 0 Å². The minimum absolute atomic E-state index is 0. The third-order valence-corrected chi connectivity index (χ3v) is 5.13. The lowest BCUT2D eigenvalue weighted by Gasteiger charge is -2.37. The van der Waals surface area contributed by atoms with Gasteiger partial charge in [-0.25, -0.2) is 0 Å². The van der Waals surface area contributed by atoms with Crippen molar-refractivity contribution >= 4 is 34.2 Å². The van der Waals surface area contributed by atoms with Crippen molar-refractivity contribution in [1.82, 2.24) is 10.2 Å². The van der Waals surface area contributed by atoms with Crippen molar-refractivity contribution < 1.29 is 9.53 Å². The first kappa shape index (κ1) is 19.8. The molecule has 0 aliphatic carbocycles. The molecule has 1 atom stereocenters. The molecule has 0 bridgehead atoms. The Morgan fingerprint density at radius 1 is 1.24 bits per heavy atom. The molecule has 25 heavy (non-hydrogen) atoms. The van der Waals surface area contributed by atoms with E-state index in [0.29, 0.717) is 13.0 Å². The first-order valence-corrected chi connectivity index (χ1v) is 8.86. The number of hydrogen-bond acceptors (Lipinski definition) is 3. The van der Waals surface area contributed by atoms with E-state index in [4.69, 9.17) is 4.74 Å². The zero-order chi connectivity index (χ0) is 16.9. The zero-order valence-electron chi connectivity index (χ0n) is 14.1. The van der Waals surface area contributed by atoms with Crippen molar-refractivity contribution in [2.75, 3.05) is 26.7 Å². The van der Waals surface area contributed by atoms with Crippen LogP contribution in [0.1, 0.15) is 17.2 Å². The molecule has 1 N–H and O–H groups in total. The van der Waals surface area contributed by atoms with Gasteiger partial charge in [0.2, 0.25) is 5.91 Å². The third-order valence-electron chi connectivity index (χ3n) is 4.36. The molecule has 1 aliphatic heterocycles. The fraction of sp³-hybridized carbons (Fsp3) is 0.316. The molecule has 1 saturated heterocycles. The topological polar surface area (TPSA) is 41.6 Å². The Labute approximate surface area is 163 Å². The van der Waals surface area contributed by atoms with Crippen LogP contribution in [0.5, 0.6) is 5.75 Å². The van der Waals surface area contributed by atoms with Gasteiger partial charge in [0.25, 0.3) is 0 Å². The first-order chi connectivity index (χ1) is 11.7. The van der Waals surface area contributed by atoms with Crippen molar-refractivity contribution in [3.05, 3.63) is 64.1 Å². The lowest BCUT2D eigenvalue weighted by Crippen LogP contribution is -2.49. The molecule has 0 aromatic heterocycles. The van der Waals surface area contributed by atoms with Crippen molar-refractivity contribution in [2.24, 2.45) is 0 Å². The maximum atomic E-state index is 12.9. The number of carbonyl (C=O) groups is 1. The number of piperazine rings is 1. The van der Waals surface area contributed by atoms with Gasteiger partial charge in [-0.3, -0.25) is 4.79 Å². The number of ether oxygens (including phenoxy) is 1. The van der Waals surface area contributed by atoms with Gasteiger partial charge in [-0.1, -0.05) is 52.3 Å². The quantitative estimate of drug-likeness (QED) is 0.814. The monoisotopic (exact) mass is 424 g/mol. The number of para-hydroxylation sites is 1.